The number of aromatic nitrogens is 1. The summed E-state index contributed by atoms with van der Waals surface area (Å²) in [6.07, 6.45) is 0.920. The number of carbonyl (C=O) groups excluding carboxylic acids is 2. The Morgan fingerprint density at radius 3 is 2.54 bits per heavy atom. The molecule has 2 aromatic rings. The second kappa shape index (κ2) is 8.44. The second-order valence-electron chi connectivity index (χ2n) is 5.02. The van der Waals surface area contributed by atoms with Gasteiger partial charge >= 0.3 is 5.97 Å². The van der Waals surface area contributed by atoms with Crippen LogP contribution in [-0.2, 0) is 4.74 Å². The van der Waals surface area contributed by atoms with E-state index >= 15 is 0 Å². The van der Waals surface area contributed by atoms with Crippen LogP contribution in [0.25, 0.3) is 0 Å². The molecule has 1 aromatic carbocycles. The number of nitrogens with one attached hydrogen (secondary N) is 1. The standard InChI is InChI=1S/C17H20N2O4S/c1-4-10-23-13-8-6-12(7-9-13)15(20)18-16-14(11(3)19-24-16)17(21)22-5-2/h6-9H,4-5,10H2,1-3H3,(H,18,20). The second-order valence-corrected chi connectivity index (χ2v) is 5.79. The SMILES string of the molecule is CCCOc1ccc(C(=O)Nc2snc(C)c2C(=O)OCC)cc1. The zero-order chi connectivity index (χ0) is 17.5. The molecule has 1 amide bonds. The van der Waals surface area contributed by atoms with Crippen molar-refractivity contribution in [3.63, 3.8) is 0 Å². The summed E-state index contributed by atoms with van der Waals surface area (Å²) in [5, 5.41) is 3.12. The largest absolute Gasteiger partial charge is 0.494 e. The number of anilines is 1. The van der Waals surface area contributed by atoms with E-state index in [0.29, 0.717) is 34.2 Å². The van der Waals surface area contributed by atoms with Crippen molar-refractivity contribution in [3.8, 4) is 5.75 Å². The molecular formula is C17H20N2O4S. The third kappa shape index (κ3) is 4.32. The number of hydrogen-bond acceptors (Lipinski definition) is 6. The molecule has 0 saturated heterocycles. The van der Waals surface area contributed by atoms with E-state index in [-0.39, 0.29) is 12.5 Å². The first-order chi connectivity index (χ1) is 11.6. The molecule has 0 fully saturated rings. The highest BCUT2D eigenvalue weighted by Gasteiger charge is 2.21. The van der Waals surface area contributed by atoms with Crippen LogP contribution in [0, 0.1) is 6.92 Å². The van der Waals surface area contributed by atoms with E-state index in [1.807, 2.05) is 6.92 Å². The van der Waals surface area contributed by atoms with Crippen LogP contribution in [0.5, 0.6) is 5.75 Å². The van der Waals surface area contributed by atoms with Crippen LogP contribution in [0.1, 0.15) is 46.7 Å². The molecule has 0 bridgehead atoms. The zero-order valence-electron chi connectivity index (χ0n) is 13.9. The Morgan fingerprint density at radius 1 is 1.21 bits per heavy atom. The Hall–Kier alpha value is -2.41. The number of benzene rings is 1. The van der Waals surface area contributed by atoms with Gasteiger partial charge < -0.3 is 14.8 Å². The normalized spacial score (nSPS) is 10.3. The molecule has 0 unspecified atom stereocenters. The third-order valence-corrected chi connectivity index (χ3v) is 4.01. The van der Waals surface area contributed by atoms with Crippen LogP contribution in [0.4, 0.5) is 5.00 Å². The summed E-state index contributed by atoms with van der Waals surface area (Å²) in [6, 6.07) is 6.85. The van der Waals surface area contributed by atoms with Crippen molar-refractivity contribution in [1.29, 1.82) is 0 Å². The van der Waals surface area contributed by atoms with Gasteiger partial charge in [0.2, 0.25) is 0 Å². The maximum atomic E-state index is 12.4. The van der Waals surface area contributed by atoms with Gasteiger partial charge in [-0.2, -0.15) is 4.37 Å². The van der Waals surface area contributed by atoms with Crippen LogP contribution in [0.2, 0.25) is 0 Å². The first kappa shape index (κ1) is 17.9. The van der Waals surface area contributed by atoms with Gasteiger partial charge in [0.1, 0.15) is 16.3 Å². The van der Waals surface area contributed by atoms with Gasteiger partial charge in [0.05, 0.1) is 18.9 Å². The van der Waals surface area contributed by atoms with E-state index in [4.69, 9.17) is 9.47 Å². The minimum atomic E-state index is -0.484. The quantitative estimate of drug-likeness (QED) is 0.773. The Bertz CT molecular complexity index is 710. The molecule has 6 nitrogen and oxygen atoms in total. The summed E-state index contributed by atoms with van der Waals surface area (Å²) in [5.41, 5.74) is 1.31. The first-order valence-corrected chi connectivity index (χ1v) is 8.51. The maximum Gasteiger partial charge on any atom is 0.343 e. The van der Waals surface area contributed by atoms with E-state index in [1.165, 1.54) is 0 Å². The Morgan fingerprint density at radius 2 is 1.92 bits per heavy atom. The number of amides is 1. The molecule has 0 spiro atoms. The van der Waals surface area contributed by atoms with Crippen LogP contribution < -0.4 is 10.1 Å². The van der Waals surface area contributed by atoms with Crippen molar-refractivity contribution in [2.75, 3.05) is 18.5 Å². The first-order valence-electron chi connectivity index (χ1n) is 7.74. The monoisotopic (exact) mass is 348 g/mol. The molecule has 0 atom stereocenters. The molecule has 0 saturated carbocycles. The van der Waals surface area contributed by atoms with Gasteiger partial charge in [0.15, 0.2) is 0 Å². The lowest BCUT2D eigenvalue weighted by atomic mass is 10.2. The predicted molar refractivity (Wildman–Crippen MR) is 93.0 cm³/mol. The molecule has 128 valence electrons. The molecule has 1 heterocycles. The van der Waals surface area contributed by atoms with E-state index in [1.54, 1.807) is 38.1 Å². The summed E-state index contributed by atoms with van der Waals surface area (Å²) in [5.74, 6) is -0.0807. The molecule has 24 heavy (non-hydrogen) atoms. The zero-order valence-corrected chi connectivity index (χ0v) is 14.7. The molecular weight excluding hydrogens is 328 g/mol. The lowest BCUT2D eigenvalue weighted by Gasteiger charge is -2.07. The van der Waals surface area contributed by atoms with Crippen molar-refractivity contribution in [3.05, 3.63) is 41.1 Å². The highest BCUT2D eigenvalue weighted by molar-refractivity contribution is 7.11. The number of esters is 1. The fourth-order valence-electron chi connectivity index (χ4n) is 2.00. The van der Waals surface area contributed by atoms with Gasteiger partial charge in [-0.25, -0.2) is 4.79 Å². The molecule has 0 aliphatic heterocycles. The van der Waals surface area contributed by atoms with Crippen molar-refractivity contribution in [2.24, 2.45) is 0 Å². The highest BCUT2D eigenvalue weighted by Crippen LogP contribution is 2.26. The molecule has 2 rings (SSSR count). The lowest BCUT2D eigenvalue weighted by Crippen LogP contribution is -2.14. The highest BCUT2D eigenvalue weighted by atomic mass is 32.1. The van der Waals surface area contributed by atoms with Gasteiger partial charge in [-0.05, 0) is 56.1 Å². The van der Waals surface area contributed by atoms with Crippen LogP contribution in [0.15, 0.2) is 24.3 Å². The molecule has 0 aliphatic carbocycles. The third-order valence-electron chi connectivity index (χ3n) is 3.16. The van der Waals surface area contributed by atoms with Crippen molar-refractivity contribution in [2.45, 2.75) is 27.2 Å². The van der Waals surface area contributed by atoms with Crippen LogP contribution in [0.3, 0.4) is 0 Å². The Balaban J connectivity index is 2.11. The van der Waals surface area contributed by atoms with Gasteiger partial charge in [0.25, 0.3) is 5.91 Å². The number of aryl methyl sites for hydroxylation is 1. The Kier molecular flexibility index (Phi) is 6.31. The minimum absolute atomic E-state index is 0.265. The molecule has 0 aliphatic rings. The summed E-state index contributed by atoms with van der Waals surface area (Å²) in [7, 11) is 0. The van der Waals surface area contributed by atoms with Gasteiger partial charge in [-0.15, -0.1) is 0 Å². The summed E-state index contributed by atoms with van der Waals surface area (Å²) >= 11 is 1.06. The van der Waals surface area contributed by atoms with Crippen molar-refractivity contribution < 1.29 is 19.1 Å². The fraction of sp³-hybridized carbons (Fsp3) is 0.353. The fourth-order valence-corrected chi connectivity index (χ4v) is 2.78. The number of rotatable bonds is 7. The molecule has 1 N–H and O–H groups in total. The maximum absolute atomic E-state index is 12.4. The average Bonchev–Trinajstić information content (AvgIpc) is 2.94. The molecule has 7 heteroatoms. The smallest absolute Gasteiger partial charge is 0.343 e. The van der Waals surface area contributed by atoms with E-state index in [0.717, 1.165) is 18.0 Å². The number of ether oxygens (including phenoxy) is 2. The van der Waals surface area contributed by atoms with E-state index in [2.05, 4.69) is 9.69 Å². The van der Waals surface area contributed by atoms with Gasteiger partial charge in [-0.1, -0.05) is 6.92 Å². The summed E-state index contributed by atoms with van der Waals surface area (Å²) < 4.78 is 14.6. The average molecular weight is 348 g/mol. The van der Waals surface area contributed by atoms with E-state index < -0.39 is 5.97 Å². The summed E-state index contributed by atoms with van der Waals surface area (Å²) in [4.78, 5) is 24.3. The topological polar surface area (TPSA) is 77.5 Å². The molecule has 0 radical (unpaired) electrons. The summed E-state index contributed by atoms with van der Waals surface area (Å²) in [6.45, 7) is 6.36. The van der Waals surface area contributed by atoms with Crippen LogP contribution in [-0.4, -0.2) is 29.5 Å². The molecule has 1 aromatic heterocycles. The van der Waals surface area contributed by atoms with Gasteiger partial charge in [0, 0.05) is 5.56 Å². The predicted octanol–water partition coefficient (Wildman–Crippen LogP) is 3.67. The lowest BCUT2D eigenvalue weighted by molar-refractivity contribution is 0.0527. The number of carbonyl (C=O) groups is 2. The van der Waals surface area contributed by atoms with Crippen molar-refractivity contribution in [1.82, 2.24) is 4.37 Å². The number of hydrogen-bond donors (Lipinski definition) is 1. The minimum Gasteiger partial charge on any atom is -0.494 e. The Labute approximate surface area is 145 Å². The van der Waals surface area contributed by atoms with E-state index in [9.17, 15) is 9.59 Å². The number of nitrogens with zero attached hydrogens (tertiary/aromatic N) is 1. The van der Waals surface area contributed by atoms with Crippen molar-refractivity contribution >= 4 is 28.4 Å². The van der Waals surface area contributed by atoms with Gasteiger partial charge in [-0.3, -0.25) is 4.79 Å². The van der Waals surface area contributed by atoms with Crippen LogP contribution >= 0.6 is 11.5 Å².